The summed E-state index contributed by atoms with van der Waals surface area (Å²) in [6, 6.07) is 9.66. The van der Waals surface area contributed by atoms with Crippen LogP contribution in [0, 0.1) is 10.6 Å². The van der Waals surface area contributed by atoms with Crippen molar-refractivity contribution < 1.29 is 18.7 Å². The van der Waals surface area contributed by atoms with Crippen molar-refractivity contribution in [3.8, 4) is 11.5 Å². The van der Waals surface area contributed by atoms with Gasteiger partial charge >= 0.3 is 0 Å². The Morgan fingerprint density at radius 1 is 1.19 bits per heavy atom. The molecule has 136 valence electrons. The lowest BCUT2D eigenvalue weighted by Crippen LogP contribution is -2.31. The number of nitrogens with zero attached hydrogens (tertiary/aromatic N) is 1. The number of likely N-dealkylation sites (N-methyl/N-ethyl adjacent to an activating group) is 1. The van der Waals surface area contributed by atoms with E-state index in [1.807, 2.05) is 0 Å². The number of halogens is 1. The summed E-state index contributed by atoms with van der Waals surface area (Å²) in [4.78, 5) is 19.8. The van der Waals surface area contributed by atoms with Gasteiger partial charge in [0.2, 0.25) is 0 Å². The summed E-state index contributed by atoms with van der Waals surface area (Å²) in [5.41, 5.74) is 1.17. The minimum atomic E-state index is -0.506. The molecule has 1 aromatic heterocycles. The average molecular weight is 375 g/mol. The monoisotopic (exact) mass is 375 g/mol. The van der Waals surface area contributed by atoms with Crippen LogP contribution in [0.15, 0.2) is 36.4 Å². The van der Waals surface area contributed by atoms with E-state index in [9.17, 15) is 9.18 Å². The molecule has 2 N–H and O–H groups in total. The molecule has 0 saturated carbocycles. The van der Waals surface area contributed by atoms with Crippen LogP contribution in [0.5, 0.6) is 11.5 Å². The lowest BCUT2D eigenvalue weighted by molar-refractivity contribution is 0.0775. The number of benzene rings is 2. The first-order valence-corrected chi connectivity index (χ1v) is 8.32. The number of rotatable bonds is 6. The number of carbonyl (C=O) groups is 1. The van der Waals surface area contributed by atoms with E-state index in [-0.39, 0.29) is 11.5 Å². The van der Waals surface area contributed by atoms with Crippen molar-refractivity contribution in [3.05, 3.63) is 52.5 Å². The summed E-state index contributed by atoms with van der Waals surface area (Å²) < 4.78 is 24.8. The Kier molecular flexibility index (Phi) is 5.22. The number of carbonyl (C=O) groups excluding carboxylic acids is 1. The molecule has 0 radical (unpaired) electrons. The van der Waals surface area contributed by atoms with Crippen LogP contribution in [0.25, 0.3) is 11.0 Å². The van der Waals surface area contributed by atoms with Crippen molar-refractivity contribution in [2.24, 2.45) is 0 Å². The second-order valence-corrected chi connectivity index (χ2v) is 6.11. The van der Waals surface area contributed by atoms with E-state index in [0.717, 1.165) is 5.75 Å². The molecule has 1 heterocycles. The number of H-pyrrole nitrogens is 2. The summed E-state index contributed by atoms with van der Waals surface area (Å²) in [7, 11) is 3.23. The molecule has 26 heavy (non-hydrogen) atoms. The molecule has 3 aromatic rings. The number of aromatic nitrogens is 2. The van der Waals surface area contributed by atoms with Gasteiger partial charge in [0.05, 0.1) is 30.3 Å². The molecule has 0 aliphatic carbocycles. The van der Waals surface area contributed by atoms with E-state index >= 15 is 0 Å². The van der Waals surface area contributed by atoms with Crippen molar-refractivity contribution in [3.63, 3.8) is 0 Å². The van der Waals surface area contributed by atoms with Gasteiger partial charge in [-0.25, -0.2) is 4.39 Å². The van der Waals surface area contributed by atoms with Crippen molar-refractivity contribution in [1.29, 1.82) is 0 Å². The maximum Gasteiger partial charge on any atom is 0.256 e. The maximum atomic E-state index is 13.8. The van der Waals surface area contributed by atoms with E-state index in [0.29, 0.717) is 34.7 Å². The lowest BCUT2D eigenvalue weighted by Gasteiger charge is -2.18. The largest absolute Gasteiger partial charge is 0.497 e. The van der Waals surface area contributed by atoms with Gasteiger partial charge in [-0.3, -0.25) is 4.79 Å². The molecule has 3 rings (SSSR count). The molecule has 0 aliphatic rings. The van der Waals surface area contributed by atoms with Gasteiger partial charge in [-0.2, -0.15) is 0 Å². The van der Waals surface area contributed by atoms with E-state index < -0.39 is 5.82 Å². The highest BCUT2D eigenvalue weighted by Gasteiger charge is 2.17. The predicted octanol–water partition coefficient (Wildman–Crippen LogP) is 3.52. The first-order valence-electron chi connectivity index (χ1n) is 7.92. The summed E-state index contributed by atoms with van der Waals surface area (Å²) in [5.74, 6) is 0.588. The Bertz CT molecular complexity index is 982. The number of hydrogen-bond acceptors (Lipinski definition) is 4. The van der Waals surface area contributed by atoms with Crippen LogP contribution in [-0.4, -0.2) is 48.1 Å². The highest BCUT2D eigenvalue weighted by atomic mass is 32.1. The van der Waals surface area contributed by atoms with Crippen LogP contribution in [-0.2, 0) is 0 Å². The smallest absolute Gasteiger partial charge is 0.256 e. The Labute approximate surface area is 154 Å². The Hall–Kier alpha value is -2.87. The molecule has 0 unspecified atom stereocenters. The van der Waals surface area contributed by atoms with Gasteiger partial charge in [-0.05, 0) is 48.6 Å². The van der Waals surface area contributed by atoms with E-state index in [4.69, 9.17) is 21.7 Å². The van der Waals surface area contributed by atoms with Crippen LogP contribution in [0.1, 0.15) is 10.4 Å². The standard InChI is InChI=1S/C18H18FN3O3S/c1-22(7-8-25-13-5-3-12(24-2)4-6-13)17(23)14-9-11(19)10-15-16(14)21-18(26)20-15/h3-6,9-10H,7-8H2,1-2H3,(H2,20,21,26). The van der Waals surface area contributed by atoms with E-state index in [1.54, 1.807) is 38.4 Å². The third kappa shape index (κ3) is 3.85. The minimum Gasteiger partial charge on any atom is -0.497 e. The quantitative estimate of drug-likeness (QED) is 0.647. The third-order valence-electron chi connectivity index (χ3n) is 3.92. The van der Waals surface area contributed by atoms with Crippen molar-refractivity contribution >= 4 is 29.2 Å². The van der Waals surface area contributed by atoms with Crippen LogP contribution in [0.4, 0.5) is 4.39 Å². The number of amides is 1. The van der Waals surface area contributed by atoms with E-state index in [2.05, 4.69) is 9.97 Å². The number of aromatic amines is 2. The molecule has 0 saturated heterocycles. The highest BCUT2D eigenvalue weighted by molar-refractivity contribution is 7.71. The van der Waals surface area contributed by atoms with E-state index in [1.165, 1.54) is 17.0 Å². The zero-order valence-electron chi connectivity index (χ0n) is 14.3. The molecular formula is C18H18FN3O3S. The van der Waals surface area contributed by atoms with Crippen molar-refractivity contribution in [2.75, 3.05) is 27.3 Å². The van der Waals surface area contributed by atoms with Crippen LogP contribution in [0.3, 0.4) is 0 Å². The third-order valence-corrected chi connectivity index (χ3v) is 4.13. The normalized spacial score (nSPS) is 10.7. The summed E-state index contributed by atoms with van der Waals surface area (Å²) >= 11 is 5.02. The number of nitrogens with one attached hydrogen (secondary N) is 2. The number of ether oxygens (including phenoxy) is 2. The number of hydrogen-bond donors (Lipinski definition) is 2. The second kappa shape index (κ2) is 7.57. The van der Waals surface area contributed by atoms with Gasteiger partial charge in [0.1, 0.15) is 23.9 Å². The SMILES string of the molecule is COc1ccc(OCCN(C)C(=O)c2cc(F)cc3[nH]c(=S)[nH]c23)cc1. The molecule has 2 aromatic carbocycles. The van der Waals surface area contributed by atoms with Gasteiger partial charge < -0.3 is 24.3 Å². The summed E-state index contributed by atoms with van der Waals surface area (Å²) in [6.45, 7) is 0.643. The molecule has 0 atom stereocenters. The van der Waals surface area contributed by atoms with Crippen LogP contribution < -0.4 is 9.47 Å². The van der Waals surface area contributed by atoms with Crippen LogP contribution in [0.2, 0.25) is 0 Å². The summed E-state index contributed by atoms with van der Waals surface area (Å²) in [6.07, 6.45) is 0. The Morgan fingerprint density at radius 3 is 2.58 bits per heavy atom. The molecular weight excluding hydrogens is 357 g/mol. The van der Waals surface area contributed by atoms with Crippen molar-refractivity contribution in [2.45, 2.75) is 0 Å². The Balaban J connectivity index is 1.67. The fraction of sp³-hybridized carbons (Fsp3) is 0.222. The number of fused-ring (bicyclic) bond motifs is 1. The number of methoxy groups -OCH3 is 1. The average Bonchev–Trinajstić information content (AvgIpc) is 3.00. The highest BCUT2D eigenvalue weighted by Crippen LogP contribution is 2.20. The molecule has 0 spiro atoms. The summed E-state index contributed by atoms with van der Waals surface area (Å²) in [5, 5.41) is 0. The fourth-order valence-electron chi connectivity index (χ4n) is 2.56. The zero-order chi connectivity index (χ0) is 18.7. The lowest BCUT2D eigenvalue weighted by atomic mass is 10.1. The number of imidazole rings is 1. The first kappa shape index (κ1) is 17.9. The van der Waals surface area contributed by atoms with Gasteiger partial charge in [-0.1, -0.05) is 0 Å². The molecule has 8 heteroatoms. The Morgan fingerprint density at radius 2 is 1.88 bits per heavy atom. The molecule has 0 aliphatic heterocycles. The first-order chi connectivity index (χ1) is 12.5. The van der Waals surface area contributed by atoms with Gasteiger partial charge in [-0.15, -0.1) is 0 Å². The van der Waals surface area contributed by atoms with Gasteiger partial charge in [0.15, 0.2) is 4.77 Å². The van der Waals surface area contributed by atoms with Gasteiger partial charge in [0.25, 0.3) is 5.91 Å². The molecule has 0 bridgehead atoms. The van der Waals surface area contributed by atoms with Crippen molar-refractivity contribution in [1.82, 2.24) is 14.9 Å². The fourth-order valence-corrected chi connectivity index (χ4v) is 2.77. The molecule has 6 nitrogen and oxygen atoms in total. The van der Waals surface area contributed by atoms with Crippen LogP contribution >= 0.6 is 12.2 Å². The minimum absolute atomic E-state index is 0.222. The predicted molar refractivity (Wildman–Crippen MR) is 98.9 cm³/mol. The molecule has 1 amide bonds. The topological polar surface area (TPSA) is 70.3 Å². The zero-order valence-corrected chi connectivity index (χ0v) is 15.2. The molecule has 0 fully saturated rings. The maximum absolute atomic E-state index is 13.8. The second-order valence-electron chi connectivity index (χ2n) is 5.71. The van der Waals surface area contributed by atoms with Gasteiger partial charge in [0, 0.05) is 7.05 Å².